The van der Waals surface area contributed by atoms with Crippen LogP contribution in [-0.2, 0) is 9.59 Å². The Labute approximate surface area is 243 Å². The van der Waals surface area contributed by atoms with E-state index < -0.39 is 6.04 Å². The van der Waals surface area contributed by atoms with E-state index in [9.17, 15) is 9.59 Å². The Morgan fingerprint density at radius 1 is 0.872 bits per heavy atom. The number of nitrogens with one attached hydrogen (secondary N) is 2. The highest BCUT2D eigenvalue weighted by Crippen LogP contribution is 2.19. The molecule has 1 heterocycles. The summed E-state index contributed by atoms with van der Waals surface area (Å²) in [6.07, 6.45) is 17.0. The van der Waals surface area contributed by atoms with E-state index in [0.717, 1.165) is 96.3 Å². The van der Waals surface area contributed by atoms with Crippen LogP contribution in [-0.4, -0.2) is 85.0 Å². The maximum absolute atomic E-state index is 12.8. The number of carbonyl (C=O) groups is 2. The monoisotopic (exact) mass is 560 g/mol. The third kappa shape index (κ3) is 17.0. The first-order chi connectivity index (χ1) is 18.7. The van der Waals surface area contributed by atoms with Gasteiger partial charge in [0.2, 0.25) is 11.8 Å². The molecule has 39 heavy (non-hydrogen) atoms. The third-order valence-electron chi connectivity index (χ3n) is 7.51. The van der Waals surface area contributed by atoms with Crippen molar-refractivity contribution in [1.29, 1.82) is 0 Å². The molecule has 6 nitrogen and oxygen atoms in total. The lowest BCUT2D eigenvalue weighted by Crippen LogP contribution is -2.48. The normalized spacial score (nSPS) is 18.1. The second-order valence-electron chi connectivity index (χ2n) is 11.9. The van der Waals surface area contributed by atoms with E-state index in [4.69, 9.17) is 0 Å². The van der Waals surface area contributed by atoms with E-state index >= 15 is 0 Å². The number of likely N-dealkylation sites (N-methyl/N-ethyl adjacent to an activating group) is 1. The zero-order chi connectivity index (χ0) is 28.5. The summed E-state index contributed by atoms with van der Waals surface area (Å²) in [6.45, 7) is 14.4. The highest BCUT2D eigenvalue weighted by atomic mass is 32.2. The van der Waals surface area contributed by atoms with Gasteiger partial charge in [-0.2, -0.15) is 11.8 Å². The van der Waals surface area contributed by atoms with E-state index in [1.807, 2.05) is 0 Å². The number of rotatable bonds is 19. The molecule has 2 N–H and O–H groups in total. The van der Waals surface area contributed by atoms with Gasteiger partial charge >= 0.3 is 0 Å². The topological polar surface area (TPSA) is 64.7 Å². The SMILES string of the molecule is CC(C)=CCC/C(C)=C/CC/C(C)=C/CSC[C@H](NC(=O)CCCCCN1CCN(C)CC1)C(=O)NC1CC1. The van der Waals surface area contributed by atoms with Crippen molar-refractivity contribution >= 4 is 23.6 Å². The second kappa shape index (κ2) is 19.5. The van der Waals surface area contributed by atoms with Gasteiger partial charge in [-0.1, -0.05) is 41.4 Å². The summed E-state index contributed by atoms with van der Waals surface area (Å²) in [5.74, 6) is 1.46. The molecule has 1 saturated carbocycles. The van der Waals surface area contributed by atoms with Crippen LogP contribution in [0.15, 0.2) is 34.9 Å². The average molecular weight is 561 g/mol. The number of carbonyl (C=O) groups excluding carboxylic acids is 2. The Morgan fingerprint density at radius 3 is 2.21 bits per heavy atom. The highest BCUT2D eigenvalue weighted by molar-refractivity contribution is 7.99. The number of thioether (sulfide) groups is 1. The van der Waals surface area contributed by atoms with Gasteiger partial charge < -0.3 is 20.4 Å². The molecule has 0 aromatic rings. The van der Waals surface area contributed by atoms with Crippen LogP contribution in [0.4, 0.5) is 0 Å². The zero-order valence-electron chi connectivity index (χ0n) is 25.5. The van der Waals surface area contributed by atoms with Crippen molar-refractivity contribution in [2.45, 2.75) is 104 Å². The zero-order valence-corrected chi connectivity index (χ0v) is 26.3. The van der Waals surface area contributed by atoms with E-state index in [0.29, 0.717) is 18.2 Å². The predicted octanol–water partition coefficient (Wildman–Crippen LogP) is 5.71. The molecule has 0 spiro atoms. The maximum Gasteiger partial charge on any atom is 0.243 e. The summed E-state index contributed by atoms with van der Waals surface area (Å²) in [7, 11) is 2.18. The van der Waals surface area contributed by atoms with E-state index in [1.54, 1.807) is 11.8 Å². The van der Waals surface area contributed by atoms with Crippen LogP contribution in [0.2, 0.25) is 0 Å². The molecular weight excluding hydrogens is 504 g/mol. The minimum Gasteiger partial charge on any atom is -0.352 e. The standard InChI is InChI=1S/C32H56N4O2S/c1-26(2)11-9-12-27(3)13-10-14-28(4)18-24-39-25-30(32(38)33-29-16-17-29)34-31(37)15-7-6-8-19-36-22-20-35(5)21-23-36/h11,13,18,29-30H,6-10,12,14-17,19-25H2,1-5H3,(H,33,38)(H,34,37)/b27-13+,28-18+/t30-/m0/s1. The van der Waals surface area contributed by atoms with Crippen LogP contribution in [0.1, 0.15) is 91.9 Å². The molecule has 0 aromatic carbocycles. The predicted molar refractivity (Wildman–Crippen MR) is 168 cm³/mol. The van der Waals surface area contributed by atoms with Crippen molar-refractivity contribution in [3.63, 3.8) is 0 Å². The summed E-state index contributed by atoms with van der Waals surface area (Å²) >= 11 is 1.73. The highest BCUT2D eigenvalue weighted by Gasteiger charge is 2.28. The van der Waals surface area contributed by atoms with E-state index in [2.05, 4.69) is 73.4 Å². The Bertz CT molecular complexity index is 822. The molecule has 2 amide bonds. The minimum absolute atomic E-state index is 0.00427. The smallest absolute Gasteiger partial charge is 0.243 e. The summed E-state index contributed by atoms with van der Waals surface area (Å²) in [5.41, 5.74) is 4.23. The lowest BCUT2D eigenvalue weighted by atomic mass is 10.1. The summed E-state index contributed by atoms with van der Waals surface area (Å²) < 4.78 is 0. The van der Waals surface area contributed by atoms with Crippen LogP contribution in [0, 0.1) is 0 Å². The molecule has 2 rings (SSSR count). The van der Waals surface area contributed by atoms with Crippen molar-refractivity contribution in [2.24, 2.45) is 0 Å². The molecule has 1 aliphatic carbocycles. The van der Waals surface area contributed by atoms with Crippen molar-refractivity contribution in [1.82, 2.24) is 20.4 Å². The molecule has 0 unspecified atom stereocenters. The molecule has 2 aliphatic rings. The molecule has 0 aromatic heterocycles. The van der Waals surface area contributed by atoms with Crippen molar-refractivity contribution in [3.8, 4) is 0 Å². The third-order valence-corrected chi connectivity index (χ3v) is 8.48. The van der Waals surface area contributed by atoms with Gasteiger partial charge in [0.25, 0.3) is 0 Å². The Balaban J connectivity index is 1.65. The van der Waals surface area contributed by atoms with Gasteiger partial charge in [-0.15, -0.1) is 0 Å². The molecule has 1 atom stereocenters. The van der Waals surface area contributed by atoms with E-state index in [-0.39, 0.29) is 11.8 Å². The summed E-state index contributed by atoms with van der Waals surface area (Å²) in [5, 5.41) is 6.12. The minimum atomic E-state index is -0.450. The molecular formula is C32H56N4O2S. The second-order valence-corrected chi connectivity index (χ2v) is 12.9. The van der Waals surface area contributed by atoms with Crippen molar-refractivity contribution in [2.75, 3.05) is 51.3 Å². The molecule has 0 bridgehead atoms. The number of hydrogen-bond donors (Lipinski definition) is 2. The van der Waals surface area contributed by atoms with Gasteiger partial charge in [-0.05, 0) is 92.7 Å². The van der Waals surface area contributed by atoms with Crippen molar-refractivity contribution in [3.05, 3.63) is 34.9 Å². The van der Waals surface area contributed by atoms with Gasteiger partial charge in [0.15, 0.2) is 0 Å². The summed E-state index contributed by atoms with van der Waals surface area (Å²) in [4.78, 5) is 30.3. The average Bonchev–Trinajstić information content (AvgIpc) is 3.70. The van der Waals surface area contributed by atoms with E-state index in [1.165, 1.54) is 16.7 Å². The number of nitrogens with zero attached hydrogens (tertiary/aromatic N) is 2. The first kappa shape index (κ1) is 33.6. The molecule has 7 heteroatoms. The van der Waals surface area contributed by atoms with Crippen LogP contribution in [0.5, 0.6) is 0 Å². The fraction of sp³-hybridized carbons (Fsp3) is 0.750. The first-order valence-corrected chi connectivity index (χ1v) is 16.4. The van der Waals surface area contributed by atoms with Crippen LogP contribution >= 0.6 is 11.8 Å². The molecule has 1 saturated heterocycles. The summed E-state index contributed by atoms with van der Waals surface area (Å²) in [6, 6.07) is -0.148. The number of hydrogen-bond acceptors (Lipinski definition) is 5. The fourth-order valence-corrected chi connectivity index (χ4v) is 5.58. The van der Waals surface area contributed by atoms with Gasteiger partial charge in [0.05, 0.1) is 0 Å². The van der Waals surface area contributed by atoms with Crippen LogP contribution in [0.3, 0.4) is 0 Å². The number of piperazine rings is 1. The fourth-order valence-electron chi connectivity index (χ4n) is 4.57. The van der Waals surface area contributed by atoms with Gasteiger partial charge in [-0.25, -0.2) is 0 Å². The largest absolute Gasteiger partial charge is 0.352 e. The van der Waals surface area contributed by atoms with Crippen LogP contribution in [0.25, 0.3) is 0 Å². The number of allylic oxidation sites excluding steroid dienone is 5. The van der Waals surface area contributed by atoms with Gasteiger partial charge in [0.1, 0.15) is 6.04 Å². The molecule has 2 fully saturated rings. The van der Waals surface area contributed by atoms with Gasteiger partial charge in [0, 0.05) is 50.1 Å². The van der Waals surface area contributed by atoms with Crippen LogP contribution < -0.4 is 10.6 Å². The lowest BCUT2D eigenvalue weighted by molar-refractivity contribution is -0.128. The molecule has 1 aliphatic heterocycles. The molecule has 222 valence electrons. The quantitative estimate of drug-likeness (QED) is 0.157. The van der Waals surface area contributed by atoms with Gasteiger partial charge in [-0.3, -0.25) is 9.59 Å². The Morgan fingerprint density at radius 2 is 1.54 bits per heavy atom. The van der Waals surface area contributed by atoms with Crippen molar-refractivity contribution < 1.29 is 9.59 Å². The first-order valence-electron chi connectivity index (χ1n) is 15.3. The number of unbranched alkanes of at least 4 members (excludes halogenated alkanes) is 2. The Kier molecular flexibility index (Phi) is 16.8. The number of amides is 2. The Hall–Kier alpha value is -1.57. The molecule has 0 radical (unpaired) electrons. The maximum atomic E-state index is 12.8. The lowest BCUT2D eigenvalue weighted by Gasteiger charge is -2.32.